The van der Waals surface area contributed by atoms with Crippen molar-refractivity contribution in [1.29, 1.82) is 0 Å². The van der Waals surface area contributed by atoms with Crippen molar-refractivity contribution in [2.24, 2.45) is 0 Å². The molecular formula is C22H19N3O3. The van der Waals surface area contributed by atoms with Crippen molar-refractivity contribution in [3.8, 4) is 5.75 Å². The lowest BCUT2D eigenvalue weighted by Crippen LogP contribution is -2.29. The molecule has 1 aliphatic rings. The van der Waals surface area contributed by atoms with E-state index < -0.39 is 0 Å². The van der Waals surface area contributed by atoms with Gasteiger partial charge in [-0.3, -0.25) is 14.6 Å². The van der Waals surface area contributed by atoms with Crippen LogP contribution in [0.3, 0.4) is 0 Å². The van der Waals surface area contributed by atoms with Gasteiger partial charge in [0.15, 0.2) is 6.61 Å². The number of aromatic nitrogens is 1. The number of pyridine rings is 1. The van der Waals surface area contributed by atoms with Gasteiger partial charge in [-0.1, -0.05) is 24.3 Å². The Kier molecular flexibility index (Phi) is 5.01. The molecular weight excluding hydrogens is 354 g/mol. The highest BCUT2D eigenvalue weighted by Gasteiger charge is 2.26. The number of nitrogens with zero attached hydrogens (tertiary/aromatic N) is 2. The standard InChI is InChI=1S/C22H19N3O3/c26-21(15-28-19-4-2-1-3-5-19)24-18-7-6-16-10-13-25(20(16)14-18)22(27)17-8-11-23-12-9-17/h1-9,11-12,14H,10,13,15H2,(H,24,26). The number of anilines is 2. The molecule has 0 aliphatic carbocycles. The Morgan fingerprint density at radius 2 is 1.82 bits per heavy atom. The second-order valence-corrected chi connectivity index (χ2v) is 6.44. The first-order valence-corrected chi connectivity index (χ1v) is 9.03. The molecule has 2 heterocycles. The van der Waals surface area contributed by atoms with Crippen LogP contribution in [0, 0.1) is 0 Å². The molecule has 0 saturated heterocycles. The number of rotatable bonds is 5. The molecule has 0 spiro atoms. The van der Waals surface area contributed by atoms with E-state index >= 15 is 0 Å². The van der Waals surface area contributed by atoms with Crippen LogP contribution in [0.2, 0.25) is 0 Å². The minimum atomic E-state index is -0.256. The first kappa shape index (κ1) is 17.7. The summed E-state index contributed by atoms with van der Waals surface area (Å²) >= 11 is 0. The number of hydrogen-bond acceptors (Lipinski definition) is 4. The van der Waals surface area contributed by atoms with Crippen molar-refractivity contribution < 1.29 is 14.3 Å². The topological polar surface area (TPSA) is 71.5 Å². The van der Waals surface area contributed by atoms with Crippen LogP contribution in [0.1, 0.15) is 15.9 Å². The van der Waals surface area contributed by atoms with Gasteiger partial charge in [-0.2, -0.15) is 0 Å². The van der Waals surface area contributed by atoms with Gasteiger partial charge in [0.1, 0.15) is 5.75 Å². The summed E-state index contributed by atoms with van der Waals surface area (Å²) in [6.07, 6.45) is 4.00. The van der Waals surface area contributed by atoms with Gasteiger partial charge in [0.25, 0.3) is 11.8 Å². The molecule has 0 saturated carbocycles. The van der Waals surface area contributed by atoms with Gasteiger partial charge in [-0.05, 0) is 48.4 Å². The number of fused-ring (bicyclic) bond motifs is 1. The van der Waals surface area contributed by atoms with E-state index in [9.17, 15) is 9.59 Å². The highest BCUT2D eigenvalue weighted by molar-refractivity contribution is 6.07. The van der Waals surface area contributed by atoms with Gasteiger partial charge in [-0.15, -0.1) is 0 Å². The molecule has 28 heavy (non-hydrogen) atoms. The Labute approximate surface area is 162 Å². The molecule has 1 N–H and O–H groups in total. The van der Waals surface area contributed by atoms with Crippen molar-refractivity contribution in [3.63, 3.8) is 0 Å². The maximum absolute atomic E-state index is 12.8. The number of hydrogen-bond donors (Lipinski definition) is 1. The van der Waals surface area contributed by atoms with Crippen LogP contribution >= 0.6 is 0 Å². The number of amides is 2. The average Bonchev–Trinajstić information content (AvgIpc) is 3.16. The Bertz CT molecular complexity index is 990. The van der Waals surface area contributed by atoms with Crippen molar-refractivity contribution in [1.82, 2.24) is 4.98 Å². The number of carbonyl (C=O) groups excluding carboxylic acids is 2. The smallest absolute Gasteiger partial charge is 0.262 e. The molecule has 1 aliphatic heterocycles. The molecule has 0 bridgehead atoms. The normalized spacial score (nSPS) is 12.4. The Morgan fingerprint density at radius 1 is 1.04 bits per heavy atom. The summed E-state index contributed by atoms with van der Waals surface area (Å²) in [5, 5.41) is 2.83. The van der Waals surface area contributed by atoms with Crippen LogP contribution in [0.15, 0.2) is 73.1 Å². The predicted octanol–water partition coefficient (Wildman–Crippen LogP) is 3.30. The first-order valence-electron chi connectivity index (χ1n) is 9.03. The minimum Gasteiger partial charge on any atom is -0.484 e. The SMILES string of the molecule is O=C(COc1ccccc1)Nc1ccc2c(c1)N(C(=O)c1ccncc1)CC2. The van der Waals surface area contributed by atoms with E-state index in [-0.39, 0.29) is 18.4 Å². The second kappa shape index (κ2) is 7.92. The third-order valence-electron chi connectivity index (χ3n) is 4.55. The molecule has 140 valence electrons. The molecule has 3 aromatic rings. The molecule has 0 radical (unpaired) electrons. The van der Waals surface area contributed by atoms with E-state index in [4.69, 9.17) is 4.74 Å². The zero-order valence-electron chi connectivity index (χ0n) is 15.2. The van der Waals surface area contributed by atoms with Crippen LogP contribution in [0.25, 0.3) is 0 Å². The van der Waals surface area contributed by atoms with Crippen molar-refractivity contribution >= 4 is 23.2 Å². The van der Waals surface area contributed by atoms with Crippen molar-refractivity contribution in [3.05, 3.63) is 84.2 Å². The fraction of sp³-hybridized carbons (Fsp3) is 0.136. The molecule has 6 heteroatoms. The minimum absolute atomic E-state index is 0.0722. The highest BCUT2D eigenvalue weighted by atomic mass is 16.5. The molecule has 2 aromatic carbocycles. The molecule has 0 unspecified atom stereocenters. The van der Waals surface area contributed by atoms with Crippen LogP contribution in [-0.4, -0.2) is 29.9 Å². The van der Waals surface area contributed by atoms with Crippen molar-refractivity contribution in [2.45, 2.75) is 6.42 Å². The molecule has 4 rings (SSSR count). The summed E-state index contributed by atoms with van der Waals surface area (Å²) < 4.78 is 5.47. The molecule has 1 aromatic heterocycles. The summed E-state index contributed by atoms with van der Waals surface area (Å²) in [6.45, 7) is 0.533. The summed E-state index contributed by atoms with van der Waals surface area (Å²) in [7, 11) is 0. The highest BCUT2D eigenvalue weighted by Crippen LogP contribution is 2.32. The zero-order valence-corrected chi connectivity index (χ0v) is 15.2. The maximum atomic E-state index is 12.8. The van der Waals surface area contributed by atoms with E-state index in [1.807, 2.05) is 36.4 Å². The van der Waals surface area contributed by atoms with Gasteiger partial charge in [-0.25, -0.2) is 0 Å². The van der Waals surface area contributed by atoms with Gasteiger partial charge in [0.2, 0.25) is 0 Å². The third kappa shape index (κ3) is 3.86. The van der Waals surface area contributed by atoms with E-state index in [0.29, 0.717) is 23.5 Å². The van der Waals surface area contributed by atoms with Gasteiger partial charge < -0.3 is 15.0 Å². The van der Waals surface area contributed by atoms with E-state index in [1.165, 1.54) is 0 Å². The lowest BCUT2D eigenvalue weighted by atomic mass is 10.1. The Hall–Kier alpha value is -3.67. The number of nitrogens with one attached hydrogen (secondary N) is 1. The average molecular weight is 373 g/mol. The number of benzene rings is 2. The zero-order chi connectivity index (χ0) is 19.3. The molecule has 0 fully saturated rings. The molecule has 0 atom stereocenters. The van der Waals surface area contributed by atoms with Gasteiger partial charge >= 0.3 is 0 Å². The number of para-hydroxylation sites is 1. The Morgan fingerprint density at radius 3 is 2.61 bits per heavy atom. The number of ether oxygens (including phenoxy) is 1. The van der Waals surface area contributed by atoms with Gasteiger partial charge in [0.05, 0.1) is 0 Å². The van der Waals surface area contributed by atoms with E-state index in [0.717, 1.165) is 17.7 Å². The van der Waals surface area contributed by atoms with E-state index in [1.54, 1.807) is 41.6 Å². The van der Waals surface area contributed by atoms with Crippen molar-refractivity contribution in [2.75, 3.05) is 23.4 Å². The third-order valence-corrected chi connectivity index (χ3v) is 4.55. The quantitative estimate of drug-likeness (QED) is 0.745. The predicted molar refractivity (Wildman–Crippen MR) is 107 cm³/mol. The Balaban J connectivity index is 1.44. The lowest BCUT2D eigenvalue weighted by Gasteiger charge is -2.18. The number of carbonyl (C=O) groups is 2. The largest absolute Gasteiger partial charge is 0.484 e. The fourth-order valence-electron chi connectivity index (χ4n) is 3.18. The summed E-state index contributed by atoms with van der Waals surface area (Å²) in [5.41, 5.74) is 3.13. The summed E-state index contributed by atoms with van der Waals surface area (Å²) in [5.74, 6) is 0.312. The second-order valence-electron chi connectivity index (χ2n) is 6.44. The van der Waals surface area contributed by atoms with Crippen LogP contribution in [0.4, 0.5) is 11.4 Å². The monoisotopic (exact) mass is 373 g/mol. The summed E-state index contributed by atoms with van der Waals surface area (Å²) in [6, 6.07) is 18.2. The van der Waals surface area contributed by atoms with Crippen LogP contribution < -0.4 is 15.0 Å². The van der Waals surface area contributed by atoms with E-state index in [2.05, 4.69) is 10.3 Å². The van der Waals surface area contributed by atoms with Crippen LogP contribution in [0.5, 0.6) is 5.75 Å². The first-order chi connectivity index (χ1) is 13.7. The molecule has 2 amide bonds. The summed E-state index contributed by atoms with van der Waals surface area (Å²) in [4.78, 5) is 30.7. The van der Waals surface area contributed by atoms with Gasteiger partial charge in [0, 0.05) is 35.9 Å². The maximum Gasteiger partial charge on any atom is 0.262 e. The fourth-order valence-corrected chi connectivity index (χ4v) is 3.18. The molecule has 6 nitrogen and oxygen atoms in total. The lowest BCUT2D eigenvalue weighted by molar-refractivity contribution is -0.118. The van der Waals surface area contributed by atoms with Crippen LogP contribution in [-0.2, 0) is 11.2 Å².